The van der Waals surface area contributed by atoms with E-state index in [1.807, 2.05) is 0 Å². The molecule has 0 aromatic carbocycles. The van der Waals surface area contributed by atoms with E-state index < -0.39 is 0 Å². The number of methoxy groups -OCH3 is 1. The molecule has 0 spiro atoms. The van der Waals surface area contributed by atoms with Gasteiger partial charge in [-0.1, -0.05) is 5.16 Å². The van der Waals surface area contributed by atoms with Crippen molar-refractivity contribution in [3.05, 3.63) is 12.3 Å². The smallest absolute Gasteiger partial charge is 0.305 e. The molecule has 26 heavy (non-hydrogen) atoms. The van der Waals surface area contributed by atoms with Crippen molar-refractivity contribution in [3.8, 4) is 0 Å². The normalized spacial score (nSPS) is 14.2. The minimum Gasteiger partial charge on any atom is -0.469 e. The van der Waals surface area contributed by atoms with Crippen LogP contribution in [0.3, 0.4) is 0 Å². The van der Waals surface area contributed by atoms with Gasteiger partial charge in [0, 0.05) is 32.0 Å². The van der Waals surface area contributed by atoms with Crippen molar-refractivity contribution in [1.29, 1.82) is 0 Å². The summed E-state index contributed by atoms with van der Waals surface area (Å²) < 4.78 is 9.25. The molecule has 2 heterocycles. The third kappa shape index (κ3) is 6.83. The van der Waals surface area contributed by atoms with E-state index in [9.17, 15) is 14.4 Å². The summed E-state index contributed by atoms with van der Waals surface area (Å²) in [4.78, 5) is 39.7. The van der Waals surface area contributed by atoms with E-state index in [0.29, 0.717) is 18.8 Å². The van der Waals surface area contributed by atoms with Crippen LogP contribution in [-0.2, 0) is 19.1 Å². The molecule has 0 saturated carbocycles. The summed E-state index contributed by atoms with van der Waals surface area (Å²) in [7, 11) is 1.32. The highest BCUT2D eigenvalue weighted by Crippen LogP contribution is 2.09. The summed E-state index contributed by atoms with van der Waals surface area (Å²) >= 11 is 0. The fraction of sp³-hybridized carbons (Fsp3) is 0.647. The monoisotopic (exact) mass is 366 g/mol. The SMILES string of the molecule is COC(=O)CCCC(=O)N(CCN1CCCC1)CC(=O)Nc1ccon1. The number of aromatic nitrogens is 1. The Hall–Kier alpha value is -2.42. The predicted molar refractivity (Wildman–Crippen MR) is 93.3 cm³/mol. The zero-order valence-corrected chi connectivity index (χ0v) is 15.1. The van der Waals surface area contributed by atoms with Gasteiger partial charge in [0.2, 0.25) is 11.8 Å². The molecule has 0 aliphatic carbocycles. The zero-order valence-electron chi connectivity index (χ0n) is 15.1. The van der Waals surface area contributed by atoms with Crippen molar-refractivity contribution in [1.82, 2.24) is 15.0 Å². The van der Waals surface area contributed by atoms with Crippen LogP contribution in [0.1, 0.15) is 32.1 Å². The van der Waals surface area contributed by atoms with Gasteiger partial charge in [-0.05, 0) is 32.4 Å². The quantitative estimate of drug-likeness (QED) is 0.613. The molecule has 1 aliphatic heterocycles. The van der Waals surface area contributed by atoms with Crippen LogP contribution < -0.4 is 5.32 Å². The Bertz CT molecular complexity index is 584. The molecule has 1 aromatic rings. The number of carbonyl (C=O) groups excluding carboxylic acids is 3. The Morgan fingerprint density at radius 3 is 2.73 bits per heavy atom. The first-order valence-corrected chi connectivity index (χ1v) is 8.85. The summed E-state index contributed by atoms with van der Waals surface area (Å²) in [5, 5.41) is 6.22. The Kier molecular flexibility index (Phi) is 8.07. The molecular weight excluding hydrogens is 340 g/mol. The van der Waals surface area contributed by atoms with Gasteiger partial charge < -0.3 is 24.4 Å². The van der Waals surface area contributed by atoms with Crippen LogP contribution in [-0.4, -0.2) is 72.6 Å². The van der Waals surface area contributed by atoms with Crippen LogP contribution in [0.25, 0.3) is 0 Å². The fourth-order valence-corrected chi connectivity index (χ4v) is 2.84. The molecule has 1 N–H and O–H groups in total. The highest BCUT2D eigenvalue weighted by molar-refractivity contribution is 5.93. The van der Waals surface area contributed by atoms with Gasteiger partial charge in [0.1, 0.15) is 6.26 Å². The van der Waals surface area contributed by atoms with E-state index in [1.54, 1.807) is 0 Å². The first-order valence-electron chi connectivity index (χ1n) is 8.85. The molecule has 9 heteroatoms. The second-order valence-electron chi connectivity index (χ2n) is 6.23. The van der Waals surface area contributed by atoms with Crippen LogP contribution in [0.15, 0.2) is 16.9 Å². The lowest BCUT2D eigenvalue weighted by Gasteiger charge is -2.25. The highest BCUT2D eigenvalue weighted by Gasteiger charge is 2.20. The number of nitrogens with one attached hydrogen (secondary N) is 1. The summed E-state index contributed by atoms with van der Waals surface area (Å²) in [6.45, 7) is 3.20. The molecule has 2 rings (SSSR count). The van der Waals surface area contributed by atoms with Crippen molar-refractivity contribution in [2.24, 2.45) is 0 Å². The number of ether oxygens (including phenoxy) is 1. The lowest BCUT2D eigenvalue weighted by Crippen LogP contribution is -2.42. The average molecular weight is 366 g/mol. The number of esters is 1. The fourth-order valence-electron chi connectivity index (χ4n) is 2.84. The van der Waals surface area contributed by atoms with Gasteiger partial charge in [0.05, 0.1) is 13.7 Å². The molecule has 9 nitrogen and oxygen atoms in total. The second-order valence-corrected chi connectivity index (χ2v) is 6.23. The lowest BCUT2D eigenvalue weighted by atomic mass is 10.2. The standard InChI is InChI=1S/C17H26N4O5/c1-25-17(24)6-4-5-16(23)21(11-10-20-8-2-3-9-20)13-15(22)18-14-7-12-26-19-14/h7,12H,2-6,8-11,13H2,1H3,(H,18,19,22). The Labute approximate surface area is 152 Å². The number of likely N-dealkylation sites (tertiary alicyclic amines) is 1. The summed E-state index contributed by atoms with van der Waals surface area (Å²) in [6, 6.07) is 1.53. The maximum absolute atomic E-state index is 12.5. The second kappa shape index (κ2) is 10.5. The van der Waals surface area contributed by atoms with Gasteiger partial charge in [-0.15, -0.1) is 0 Å². The molecule has 1 saturated heterocycles. The molecule has 0 unspecified atom stereocenters. The summed E-state index contributed by atoms with van der Waals surface area (Å²) in [6.07, 6.45) is 4.48. The first kappa shape index (κ1) is 19.9. The van der Waals surface area contributed by atoms with E-state index in [1.165, 1.54) is 37.2 Å². The number of hydrogen-bond acceptors (Lipinski definition) is 7. The molecule has 0 bridgehead atoms. The predicted octanol–water partition coefficient (Wildman–Crippen LogP) is 0.881. The van der Waals surface area contributed by atoms with Gasteiger partial charge in [-0.2, -0.15) is 0 Å². The van der Waals surface area contributed by atoms with Gasteiger partial charge in [0.25, 0.3) is 0 Å². The average Bonchev–Trinajstić information content (AvgIpc) is 3.32. The van der Waals surface area contributed by atoms with E-state index in [0.717, 1.165) is 19.6 Å². The molecule has 1 fully saturated rings. The summed E-state index contributed by atoms with van der Waals surface area (Å²) in [5.74, 6) is -0.511. The number of rotatable bonds is 10. The number of anilines is 1. The maximum Gasteiger partial charge on any atom is 0.305 e. The minimum absolute atomic E-state index is 0.0578. The largest absolute Gasteiger partial charge is 0.469 e. The molecular formula is C17H26N4O5. The Balaban J connectivity index is 1.85. The number of amides is 2. The van der Waals surface area contributed by atoms with Crippen molar-refractivity contribution < 1.29 is 23.6 Å². The van der Waals surface area contributed by atoms with Crippen molar-refractivity contribution in [3.63, 3.8) is 0 Å². The van der Waals surface area contributed by atoms with Gasteiger partial charge >= 0.3 is 5.97 Å². The number of carbonyl (C=O) groups is 3. The van der Waals surface area contributed by atoms with Crippen LogP contribution >= 0.6 is 0 Å². The number of hydrogen-bond donors (Lipinski definition) is 1. The third-order valence-corrected chi connectivity index (χ3v) is 4.28. The zero-order chi connectivity index (χ0) is 18.8. The minimum atomic E-state index is -0.342. The van der Waals surface area contributed by atoms with Crippen LogP contribution in [0.5, 0.6) is 0 Å². The molecule has 0 radical (unpaired) electrons. The topological polar surface area (TPSA) is 105 Å². The first-order chi connectivity index (χ1) is 12.6. The molecule has 144 valence electrons. The lowest BCUT2D eigenvalue weighted by molar-refractivity contribution is -0.141. The van der Waals surface area contributed by atoms with Crippen molar-refractivity contribution in [2.45, 2.75) is 32.1 Å². The molecule has 1 aliphatic rings. The van der Waals surface area contributed by atoms with E-state index in [4.69, 9.17) is 0 Å². The van der Waals surface area contributed by atoms with E-state index in [2.05, 4.69) is 24.6 Å². The van der Waals surface area contributed by atoms with Gasteiger partial charge in [-0.25, -0.2) is 0 Å². The maximum atomic E-state index is 12.5. The third-order valence-electron chi connectivity index (χ3n) is 4.28. The van der Waals surface area contributed by atoms with Crippen molar-refractivity contribution in [2.75, 3.05) is 45.2 Å². The highest BCUT2D eigenvalue weighted by atomic mass is 16.5. The van der Waals surface area contributed by atoms with E-state index in [-0.39, 0.29) is 37.2 Å². The Morgan fingerprint density at radius 2 is 2.08 bits per heavy atom. The molecule has 0 atom stereocenters. The molecule has 1 aromatic heterocycles. The van der Waals surface area contributed by atoms with Gasteiger partial charge in [-0.3, -0.25) is 14.4 Å². The number of nitrogens with zero attached hydrogens (tertiary/aromatic N) is 3. The van der Waals surface area contributed by atoms with Crippen LogP contribution in [0.4, 0.5) is 5.82 Å². The Morgan fingerprint density at radius 1 is 1.31 bits per heavy atom. The molecule has 2 amide bonds. The van der Waals surface area contributed by atoms with Crippen LogP contribution in [0, 0.1) is 0 Å². The van der Waals surface area contributed by atoms with Crippen molar-refractivity contribution >= 4 is 23.6 Å². The van der Waals surface area contributed by atoms with E-state index >= 15 is 0 Å². The van der Waals surface area contributed by atoms with Crippen LogP contribution in [0.2, 0.25) is 0 Å². The summed E-state index contributed by atoms with van der Waals surface area (Å²) in [5.41, 5.74) is 0. The van der Waals surface area contributed by atoms with Gasteiger partial charge in [0.15, 0.2) is 5.82 Å².